The van der Waals surface area contributed by atoms with E-state index in [1.165, 1.54) is 6.08 Å². The van der Waals surface area contributed by atoms with Gasteiger partial charge in [0.05, 0.1) is 29.2 Å². The molecule has 0 spiro atoms. The molecule has 0 radical (unpaired) electrons. The molecular weight excluding hydrogens is 668 g/mol. The van der Waals surface area contributed by atoms with E-state index < -0.39 is 10.8 Å². The first-order valence-corrected chi connectivity index (χ1v) is 14.3. The van der Waals surface area contributed by atoms with Gasteiger partial charge in [0.25, 0.3) is 0 Å². The fourth-order valence-electron chi connectivity index (χ4n) is 3.69. The molecule has 40 heavy (non-hydrogen) atoms. The van der Waals surface area contributed by atoms with Crippen LogP contribution in [0.3, 0.4) is 0 Å². The number of hydrogen-bond acceptors (Lipinski definition) is 6. The third-order valence-corrected chi connectivity index (χ3v) is 6.92. The highest BCUT2D eigenvalue weighted by Crippen LogP contribution is 2.37. The van der Waals surface area contributed by atoms with Crippen molar-refractivity contribution in [3.05, 3.63) is 107 Å². The van der Waals surface area contributed by atoms with E-state index in [9.17, 15) is 14.9 Å². The molecule has 3 aromatic carbocycles. The number of carbonyl (C=O) groups excluding carboxylic acids is 1. The smallest absolute Gasteiger partial charge is 0.211 e. The zero-order valence-corrected chi connectivity index (χ0v) is 25.6. The van der Waals surface area contributed by atoms with Crippen LogP contribution in [-0.4, -0.2) is 37.1 Å². The van der Waals surface area contributed by atoms with Crippen LogP contribution in [0.2, 0.25) is 10.0 Å². The molecule has 7 nitrogen and oxygen atoms in total. The Morgan fingerprint density at radius 2 is 1.62 bits per heavy atom. The predicted molar refractivity (Wildman–Crippen MR) is 161 cm³/mol. The van der Waals surface area contributed by atoms with Gasteiger partial charge in [-0.2, -0.15) is 0 Å². The van der Waals surface area contributed by atoms with Crippen molar-refractivity contribution in [1.29, 1.82) is 0 Å². The number of nitrogens with zero attached hydrogens (tertiary/aromatic N) is 1. The van der Waals surface area contributed by atoms with Crippen molar-refractivity contribution in [1.82, 2.24) is 0 Å². The highest BCUT2D eigenvalue weighted by molar-refractivity contribution is 9.10. The first kappa shape index (κ1) is 32.0. The number of halogens is 5. The van der Waals surface area contributed by atoms with Gasteiger partial charge in [0.15, 0.2) is 11.5 Å². The molecule has 0 N–H and O–H groups in total. The van der Waals surface area contributed by atoms with Crippen LogP contribution in [0.25, 0.3) is 0 Å². The number of ketones is 1. The maximum Gasteiger partial charge on any atom is 0.211 e. The Labute approximate surface area is 260 Å². The molecule has 0 heterocycles. The number of carbonyl (C=O) groups is 1. The van der Waals surface area contributed by atoms with Crippen molar-refractivity contribution in [2.45, 2.75) is 18.8 Å². The van der Waals surface area contributed by atoms with E-state index in [1.807, 2.05) is 6.07 Å². The van der Waals surface area contributed by atoms with Crippen molar-refractivity contribution in [2.24, 2.45) is 0 Å². The maximum atomic E-state index is 12.9. The molecule has 3 aromatic rings. The number of ether oxygens (including phenoxy) is 3. The van der Waals surface area contributed by atoms with Crippen molar-refractivity contribution in [3.63, 3.8) is 0 Å². The first-order chi connectivity index (χ1) is 19.1. The minimum Gasteiger partial charge on any atom is -0.493 e. The maximum absolute atomic E-state index is 12.9. The zero-order valence-electron chi connectivity index (χ0n) is 21.0. The molecule has 212 valence electrons. The normalized spacial score (nSPS) is 11.4. The minimum atomic E-state index is -0.534. The van der Waals surface area contributed by atoms with E-state index in [4.69, 9.17) is 60.6 Å². The lowest BCUT2D eigenvalue weighted by molar-refractivity contribution is -0.483. The summed E-state index contributed by atoms with van der Waals surface area (Å²) in [5, 5.41) is 11.8. The molecule has 0 aliphatic heterocycles. The van der Waals surface area contributed by atoms with Crippen LogP contribution in [0.4, 0.5) is 0 Å². The number of nitro groups is 1. The molecule has 0 aromatic heterocycles. The van der Waals surface area contributed by atoms with E-state index in [0.29, 0.717) is 52.5 Å². The lowest BCUT2D eigenvalue weighted by Gasteiger charge is -2.14. The van der Waals surface area contributed by atoms with Crippen LogP contribution in [0, 0.1) is 10.1 Å². The quantitative estimate of drug-likeness (QED) is 0.0685. The van der Waals surface area contributed by atoms with Gasteiger partial charge in [-0.25, -0.2) is 0 Å². The van der Waals surface area contributed by atoms with Crippen LogP contribution in [0.1, 0.15) is 34.7 Å². The topological polar surface area (TPSA) is 87.9 Å². The van der Waals surface area contributed by atoms with Crippen LogP contribution < -0.4 is 14.2 Å². The Hall–Kier alpha value is -2.49. The molecule has 0 bridgehead atoms. The number of Topliss-reactive ketones (excluding diaryl/α,β-unsaturated/α-hetero) is 1. The Bertz CT molecular complexity index is 1330. The highest BCUT2D eigenvalue weighted by Gasteiger charge is 2.22. The van der Waals surface area contributed by atoms with Crippen molar-refractivity contribution < 1.29 is 23.9 Å². The Morgan fingerprint density at radius 3 is 2.25 bits per heavy atom. The van der Waals surface area contributed by atoms with E-state index in [1.54, 1.807) is 54.6 Å². The Balaban J connectivity index is 1.47. The Kier molecular flexibility index (Phi) is 12.9. The van der Waals surface area contributed by atoms with Gasteiger partial charge < -0.3 is 14.2 Å². The van der Waals surface area contributed by atoms with Gasteiger partial charge in [-0.1, -0.05) is 74.5 Å². The standard InChI is InChI=1S/C28H24BrCl4NO6/c29-21-4-1-3-19(13-21)20(17-34(36)37)14-26(35)18-5-7-22(8-6-18)38-10-2-11-40-28-24(30)15-23(16-25(28)31)39-12-9-27(32)33/h1,3-9,13,15-16,20H,2,10-12,14,17H2. The third kappa shape index (κ3) is 10.5. The summed E-state index contributed by atoms with van der Waals surface area (Å²) in [7, 11) is 0. The van der Waals surface area contributed by atoms with Gasteiger partial charge in [-0.15, -0.1) is 0 Å². The summed E-state index contributed by atoms with van der Waals surface area (Å²) in [6.45, 7) is 0.480. The SMILES string of the molecule is O=C(CC(C[N+](=O)[O-])c1cccc(Br)c1)c1ccc(OCCCOc2c(Cl)cc(OCC=C(Cl)Cl)cc2Cl)cc1. The highest BCUT2D eigenvalue weighted by atomic mass is 79.9. The molecule has 0 aliphatic rings. The lowest BCUT2D eigenvalue weighted by Crippen LogP contribution is -2.16. The number of benzene rings is 3. The second kappa shape index (κ2) is 16.1. The molecule has 0 saturated carbocycles. The molecule has 1 unspecified atom stereocenters. The minimum absolute atomic E-state index is 0.0199. The lowest BCUT2D eigenvalue weighted by atomic mass is 9.91. The number of rotatable bonds is 15. The van der Waals surface area contributed by atoms with Gasteiger partial charge in [0.2, 0.25) is 6.54 Å². The van der Waals surface area contributed by atoms with E-state index in [2.05, 4.69) is 15.9 Å². The molecule has 1 atom stereocenters. The monoisotopic (exact) mass is 689 g/mol. The van der Waals surface area contributed by atoms with E-state index >= 15 is 0 Å². The zero-order chi connectivity index (χ0) is 29.1. The van der Waals surface area contributed by atoms with Gasteiger partial charge in [0.1, 0.15) is 22.6 Å². The van der Waals surface area contributed by atoms with Crippen LogP contribution in [-0.2, 0) is 0 Å². The molecule has 0 saturated heterocycles. The second-order valence-corrected chi connectivity index (χ2v) is 11.2. The van der Waals surface area contributed by atoms with Crippen molar-refractivity contribution in [2.75, 3.05) is 26.4 Å². The molecule has 0 fully saturated rings. The largest absolute Gasteiger partial charge is 0.493 e. The molecule has 12 heteroatoms. The summed E-state index contributed by atoms with van der Waals surface area (Å²) in [5.41, 5.74) is 1.19. The van der Waals surface area contributed by atoms with Gasteiger partial charge in [-0.3, -0.25) is 14.9 Å². The third-order valence-electron chi connectivity index (χ3n) is 5.56. The number of hydrogen-bond donors (Lipinski definition) is 0. The van der Waals surface area contributed by atoms with Crippen molar-refractivity contribution >= 4 is 68.1 Å². The van der Waals surface area contributed by atoms with Crippen LogP contribution in [0.5, 0.6) is 17.2 Å². The van der Waals surface area contributed by atoms with E-state index in [0.717, 1.165) is 10.0 Å². The fraction of sp³-hybridized carbons (Fsp3) is 0.250. The first-order valence-electron chi connectivity index (χ1n) is 12.0. The van der Waals surface area contributed by atoms with Crippen LogP contribution in [0.15, 0.2) is 75.7 Å². The van der Waals surface area contributed by atoms with E-state index in [-0.39, 0.29) is 29.8 Å². The van der Waals surface area contributed by atoms with Gasteiger partial charge in [-0.05, 0) is 48.0 Å². The Morgan fingerprint density at radius 1 is 0.950 bits per heavy atom. The molecule has 3 rings (SSSR count). The summed E-state index contributed by atoms with van der Waals surface area (Å²) >= 11 is 27.0. The average molecular weight is 692 g/mol. The van der Waals surface area contributed by atoms with Crippen molar-refractivity contribution in [3.8, 4) is 17.2 Å². The summed E-state index contributed by atoms with van der Waals surface area (Å²) in [6.07, 6.45) is 2.05. The predicted octanol–water partition coefficient (Wildman–Crippen LogP) is 8.93. The van der Waals surface area contributed by atoms with Gasteiger partial charge >= 0.3 is 0 Å². The molecular formula is C28H24BrCl4NO6. The summed E-state index contributed by atoms with van der Waals surface area (Å²) in [5.74, 6) is 0.640. The average Bonchev–Trinajstić information content (AvgIpc) is 2.89. The van der Waals surface area contributed by atoms with Crippen LogP contribution >= 0.6 is 62.3 Å². The summed E-state index contributed by atoms with van der Waals surface area (Å²) in [4.78, 5) is 23.6. The van der Waals surface area contributed by atoms with Gasteiger partial charge in [0, 0.05) is 39.9 Å². The summed E-state index contributed by atoms with van der Waals surface area (Å²) in [6, 6.07) is 17.1. The molecule has 0 aliphatic carbocycles. The fourth-order valence-corrected chi connectivity index (χ4v) is 4.81. The molecule has 0 amide bonds. The second-order valence-electron chi connectivity index (χ2n) is 8.49. The summed E-state index contributed by atoms with van der Waals surface area (Å²) < 4.78 is 17.8.